The number of ether oxygens (including phenoxy) is 1. The van der Waals surface area contributed by atoms with Crippen molar-refractivity contribution in [2.24, 2.45) is 17.8 Å². The number of H-pyrrole nitrogens is 1. The summed E-state index contributed by atoms with van der Waals surface area (Å²) < 4.78 is 33.3. The highest BCUT2D eigenvalue weighted by Crippen LogP contribution is 2.49. The molecular formula is C33H44BrN5O8S. The molecule has 1 aromatic carbocycles. The quantitative estimate of drug-likeness (QED) is 0.336. The van der Waals surface area contributed by atoms with Gasteiger partial charge in [-0.3, -0.25) is 33.5 Å². The third-order valence-electron chi connectivity index (χ3n) is 10.3. The van der Waals surface area contributed by atoms with Crippen molar-refractivity contribution in [2.75, 3.05) is 26.4 Å². The Balaban J connectivity index is 0.000000749. The van der Waals surface area contributed by atoms with Gasteiger partial charge in [-0.05, 0) is 77.3 Å². The number of hydrogen-bond acceptors (Lipinski definition) is 8. The molecule has 3 amide bonds. The van der Waals surface area contributed by atoms with Crippen LogP contribution in [0.3, 0.4) is 0 Å². The monoisotopic (exact) mass is 749 g/mol. The van der Waals surface area contributed by atoms with Gasteiger partial charge >= 0.3 is 0 Å². The van der Waals surface area contributed by atoms with Crippen LogP contribution in [0.2, 0.25) is 0 Å². The number of aliphatic hydroxyl groups is 1. The van der Waals surface area contributed by atoms with E-state index in [1.54, 1.807) is 18.7 Å². The van der Waals surface area contributed by atoms with Crippen molar-refractivity contribution in [1.82, 2.24) is 25.0 Å². The lowest BCUT2D eigenvalue weighted by molar-refractivity contribution is -0.322. The minimum atomic E-state index is -3.67. The molecule has 0 radical (unpaired) electrons. The summed E-state index contributed by atoms with van der Waals surface area (Å²) in [5, 5.41) is 16.3. The second-order valence-corrected chi connectivity index (χ2v) is 16.7. The van der Waals surface area contributed by atoms with Crippen LogP contribution in [0.25, 0.3) is 16.5 Å². The van der Waals surface area contributed by atoms with Crippen LogP contribution in [-0.4, -0.2) is 112 Å². The molecular weight excluding hydrogens is 706 g/mol. The minimum absolute atomic E-state index is 0.104. The van der Waals surface area contributed by atoms with Gasteiger partial charge in [0.2, 0.25) is 17.5 Å². The van der Waals surface area contributed by atoms with Gasteiger partial charge in [0.15, 0.2) is 0 Å². The molecule has 6 atom stereocenters. The standard InChI is InChI=1S/C32H40BrN5O5.CH4O3S/c1-16(2)12-24-29(40)37-11-7-10-25(37)32(42)38(24)30(41)31(43-32,17(3)4)35-28(39)18-13-20-19-8-6-9-22-26(19)21(27(33)34-22)14-23(20)36(5)15-18;1-5(2,3)4/h6,8-9,13,16-18,23-25,34,42H,7,10-12,14-15H2,1-5H3,(H,35,39);1H3,(H,2,3,4)/t18?,23-,24+,25-,31-,32+;/m1./s1. The second-order valence-electron chi connectivity index (χ2n) is 14.4. The Kier molecular flexibility index (Phi) is 8.90. The number of piperazine rings is 1. The highest BCUT2D eigenvalue weighted by molar-refractivity contribution is 9.10. The average Bonchev–Trinajstić information content (AvgIpc) is 3.66. The second kappa shape index (κ2) is 12.2. The molecule has 0 bridgehead atoms. The molecule has 0 saturated carbocycles. The molecule has 1 aliphatic carbocycles. The first kappa shape index (κ1) is 35.0. The van der Waals surface area contributed by atoms with Crippen LogP contribution in [0, 0.1) is 17.8 Å². The van der Waals surface area contributed by atoms with Crippen molar-refractivity contribution in [3.8, 4) is 0 Å². The van der Waals surface area contributed by atoms with E-state index in [1.807, 2.05) is 33.0 Å². The molecule has 1 unspecified atom stereocenters. The number of likely N-dealkylation sites (N-methyl/N-ethyl adjacent to an activating group) is 1. The van der Waals surface area contributed by atoms with Crippen LogP contribution in [0.1, 0.15) is 58.1 Å². The number of aromatic nitrogens is 1. The normalized spacial score (nSPS) is 31.4. The van der Waals surface area contributed by atoms with Crippen LogP contribution in [0.4, 0.5) is 0 Å². The molecule has 48 heavy (non-hydrogen) atoms. The molecule has 13 nitrogen and oxygen atoms in total. The third kappa shape index (κ3) is 5.69. The number of halogens is 1. The van der Waals surface area contributed by atoms with Crippen LogP contribution >= 0.6 is 15.9 Å². The van der Waals surface area contributed by atoms with E-state index < -0.39 is 51.6 Å². The molecule has 15 heteroatoms. The van der Waals surface area contributed by atoms with Gasteiger partial charge in [-0.1, -0.05) is 45.9 Å². The van der Waals surface area contributed by atoms with Gasteiger partial charge in [0.05, 0.1) is 16.8 Å². The zero-order chi connectivity index (χ0) is 35.1. The molecule has 5 aliphatic rings. The number of nitrogens with zero attached hydrogens (tertiary/aromatic N) is 3. The Bertz CT molecular complexity index is 1800. The predicted molar refractivity (Wildman–Crippen MR) is 182 cm³/mol. The van der Waals surface area contributed by atoms with E-state index >= 15 is 0 Å². The van der Waals surface area contributed by atoms with Gasteiger partial charge < -0.3 is 20.3 Å². The van der Waals surface area contributed by atoms with Crippen molar-refractivity contribution in [3.05, 3.63) is 40.0 Å². The topological polar surface area (TPSA) is 173 Å². The summed E-state index contributed by atoms with van der Waals surface area (Å²) in [6.45, 7) is 8.57. The Morgan fingerprint density at radius 3 is 2.56 bits per heavy atom. The number of hydrogen-bond donors (Lipinski definition) is 4. The Morgan fingerprint density at radius 2 is 1.92 bits per heavy atom. The van der Waals surface area contributed by atoms with E-state index in [1.165, 1.54) is 15.8 Å². The van der Waals surface area contributed by atoms with E-state index in [0.717, 1.165) is 34.1 Å². The zero-order valence-electron chi connectivity index (χ0n) is 28.0. The van der Waals surface area contributed by atoms with Gasteiger partial charge in [-0.25, -0.2) is 0 Å². The molecule has 7 rings (SSSR count). The van der Waals surface area contributed by atoms with Crippen molar-refractivity contribution < 1.29 is 37.2 Å². The van der Waals surface area contributed by atoms with Crippen LogP contribution in [0.15, 0.2) is 28.9 Å². The summed E-state index contributed by atoms with van der Waals surface area (Å²) in [4.78, 5) is 50.8. The number of amides is 3. The fourth-order valence-electron chi connectivity index (χ4n) is 8.15. The molecule has 3 saturated heterocycles. The lowest BCUT2D eigenvalue weighted by atomic mass is 9.79. The van der Waals surface area contributed by atoms with Gasteiger partial charge in [0.25, 0.3) is 21.9 Å². The van der Waals surface area contributed by atoms with Gasteiger partial charge in [0, 0.05) is 36.0 Å². The largest absolute Gasteiger partial charge is 0.349 e. The molecule has 0 spiro atoms. The van der Waals surface area contributed by atoms with E-state index in [2.05, 4.69) is 43.3 Å². The Labute approximate surface area is 288 Å². The van der Waals surface area contributed by atoms with Gasteiger partial charge in [-0.15, -0.1) is 0 Å². The Hall–Kier alpha value is -2.82. The number of aromatic amines is 1. The van der Waals surface area contributed by atoms with Gasteiger partial charge in [-0.2, -0.15) is 8.42 Å². The lowest BCUT2D eigenvalue weighted by Gasteiger charge is -2.49. The first-order chi connectivity index (χ1) is 22.4. The third-order valence-corrected chi connectivity index (χ3v) is 10.9. The maximum atomic E-state index is 14.4. The number of nitrogens with one attached hydrogen (secondary N) is 2. The van der Waals surface area contributed by atoms with Crippen molar-refractivity contribution in [2.45, 2.75) is 83.1 Å². The number of carbonyl (C=O) groups excluding carboxylic acids is 3. The minimum Gasteiger partial charge on any atom is -0.349 e. The van der Waals surface area contributed by atoms with Crippen LogP contribution in [0.5, 0.6) is 0 Å². The molecule has 3 fully saturated rings. The van der Waals surface area contributed by atoms with Crippen LogP contribution < -0.4 is 5.32 Å². The first-order valence-corrected chi connectivity index (χ1v) is 19.0. The highest BCUT2D eigenvalue weighted by Gasteiger charge is 2.72. The maximum absolute atomic E-state index is 14.4. The van der Waals surface area contributed by atoms with Crippen molar-refractivity contribution >= 4 is 60.2 Å². The summed E-state index contributed by atoms with van der Waals surface area (Å²) in [6, 6.07) is 4.76. The smallest absolute Gasteiger partial charge is 0.281 e. The predicted octanol–water partition coefficient (Wildman–Crippen LogP) is 2.70. The van der Waals surface area contributed by atoms with E-state index in [9.17, 15) is 27.9 Å². The summed E-state index contributed by atoms with van der Waals surface area (Å²) >= 11 is 3.70. The number of carbonyl (C=O) groups is 3. The van der Waals surface area contributed by atoms with Crippen LogP contribution in [-0.2, 0) is 35.7 Å². The molecule has 4 N–H and O–H groups in total. The highest BCUT2D eigenvalue weighted by atomic mass is 79.9. The summed E-state index contributed by atoms with van der Waals surface area (Å²) in [5.41, 5.74) is 2.68. The molecule has 5 heterocycles. The fraction of sp³-hybridized carbons (Fsp3) is 0.606. The molecule has 1 aromatic heterocycles. The van der Waals surface area contributed by atoms with E-state index in [0.29, 0.717) is 32.2 Å². The van der Waals surface area contributed by atoms with Crippen molar-refractivity contribution in [1.29, 1.82) is 0 Å². The van der Waals surface area contributed by atoms with Crippen molar-refractivity contribution in [3.63, 3.8) is 0 Å². The SMILES string of the molecule is CC(C)C[C@H]1C(=O)N2CCC[C@@H]2[C@]2(O)O[C@](NC(=O)C3C=C4c5cccc6[nH]c(Br)c(c56)C[C@H]4N(C)C3)(C(C)C)C(=O)N12.CS(=O)(=O)O. The number of benzene rings is 1. The molecule has 262 valence electrons. The lowest BCUT2D eigenvalue weighted by Crippen LogP contribution is -2.71. The molecule has 4 aliphatic heterocycles. The molecule has 2 aromatic rings. The van der Waals surface area contributed by atoms with E-state index in [-0.39, 0.29) is 23.8 Å². The maximum Gasteiger partial charge on any atom is 0.281 e. The zero-order valence-corrected chi connectivity index (χ0v) is 30.4. The summed E-state index contributed by atoms with van der Waals surface area (Å²) in [6.07, 6.45) is 5.20. The average molecular weight is 751 g/mol. The summed E-state index contributed by atoms with van der Waals surface area (Å²) in [5.74, 6) is -4.01. The Morgan fingerprint density at radius 1 is 1.23 bits per heavy atom. The first-order valence-electron chi connectivity index (χ1n) is 16.4. The number of rotatable bonds is 5. The summed E-state index contributed by atoms with van der Waals surface area (Å²) in [7, 11) is -1.64. The number of fused-ring (bicyclic) bond motifs is 5. The fourth-order valence-corrected chi connectivity index (χ4v) is 8.72. The van der Waals surface area contributed by atoms with Gasteiger partial charge in [0.1, 0.15) is 12.1 Å². The van der Waals surface area contributed by atoms with E-state index in [4.69, 9.17) is 9.29 Å².